The van der Waals surface area contributed by atoms with E-state index in [0.717, 1.165) is 16.5 Å². The Morgan fingerprint density at radius 1 is 1.35 bits per heavy atom. The van der Waals surface area contributed by atoms with Crippen molar-refractivity contribution >= 4 is 45.7 Å². The molecule has 3 heterocycles. The Hall–Kier alpha value is -2.16. The average Bonchev–Trinajstić information content (AvgIpc) is 3.27. The molecule has 0 aliphatic carbocycles. The molecule has 0 aliphatic rings. The third-order valence-corrected chi connectivity index (χ3v) is 6.13. The number of aryl methyl sites for hydroxylation is 1. The number of hydrogen-bond acceptors (Lipinski definition) is 7. The summed E-state index contributed by atoms with van der Waals surface area (Å²) in [6.45, 7) is 2.50. The predicted octanol–water partition coefficient (Wildman–Crippen LogP) is 4.14. The van der Waals surface area contributed by atoms with Crippen LogP contribution in [0.5, 0.6) is 0 Å². The highest BCUT2D eigenvalue weighted by Gasteiger charge is 2.12. The first-order valence-electron chi connectivity index (χ1n) is 7.74. The second-order valence-electron chi connectivity index (χ2n) is 5.68. The van der Waals surface area contributed by atoms with Crippen molar-refractivity contribution in [3.63, 3.8) is 0 Å². The van der Waals surface area contributed by atoms with Gasteiger partial charge in [-0.15, -0.1) is 16.4 Å². The summed E-state index contributed by atoms with van der Waals surface area (Å²) in [6, 6.07) is 9.15. The summed E-state index contributed by atoms with van der Waals surface area (Å²) < 4.78 is 7.05. The van der Waals surface area contributed by atoms with Gasteiger partial charge in [-0.3, -0.25) is 0 Å². The van der Waals surface area contributed by atoms with Crippen molar-refractivity contribution in [3.8, 4) is 0 Å². The number of nitrogens with zero attached hydrogens (tertiary/aromatic N) is 4. The molecule has 4 aromatic rings. The Kier molecular flexibility index (Phi) is 4.80. The van der Waals surface area contributed by atoms with Gasteiger partial charge >= 0.3 is 5.63 Å². The number of thiophene rings is 1. The highest BCUT2D eigenvalue weighted by atomic mass is 35.5. The maximum absolute atomic E-state index is 11.9. The number of fused-ring (bicyclic) bond motifs is 1. The minimum absolute atomic E-state index is 0.381. The third-order valence-electron chi connectivity index (χ3n) is 3.85. The number of benzene rings is 1. The zero-order valence-electron chi connectivity index (χ0n) is 13.7. The van der Waals surface area contributed by atoms with Crippen LogP contribution < -0.4 is 5.63 Å². The number of aromatic nitrogens is 4. The summed E-state index contributed by atoms with van der Waals surface area (Å²) in [6.07, 6.45) is 0. The van der Waals surface area contributed by atoms with Crippen molar-refractivity contribution in [1.29, 1.82) is 0 Å². The quantitative estimate of drug-likeness (QED) is 0.367. The van der Waals surface area contributed by atoms with Crippen LogP contribution in [0.3, 0.4) is 0 Å². The van der Waals surface area contributed by atoms with E-state index in [2.05, 4.69) is 15.5 Å². The molecule has 0 amide bonds. The molecule has 4 rings (SSSR count). The second-order valence-corrected chi connectivity index (χ2v) is 8.06. The highest BCUT2D eigenvalue weighted by molar-refractivity contribution is 7.98. The minimum Gasteiger partial charge on any atom is -0.423 e. The van der Waals surface area contributed by atoms with E-state index in [-0.39, 0.29) is 5.63 Å². The van der Waals surface area contributed by atoms with Crippen LogP contribution in [0.25, 0.3) is 11.0 Å². The molecule has 0 saturated heterocycles. The molecule has 0 spiro atoms. The molecular weight excluding hydrogens is 392 g/mol. The Balaban J connectivity index is 1.62. The van der Waals surface area contributed by atoms with E-state index in [0.29, 0.717) is 28.1 Å². The van der Waals surface area contributed by atoms with Crippen molar-refractivity contribution in [3.05, 3.63) is 67.2 Å². The lowest BCUT2D eigenvalue weighted by Gasteiger charge is -2.07. The zero-order valence-corrected chi connectivity index (χ0v) is 16.1. The van der Waals surface area contributed by atoms with Gasteiger partial charge in [0, 0.05) is 27.1 Å². The lowest BCUT2D eigenvalue weighted by molar-refractivity contribution is 0.559. The molecule has 0 radical (unpaired) electrons. The van der Waals surface area contributed by atoms with Gasteiger partial charge in [-0.1, -0.05) is 29.4 Å². The van der Waals surface area contributed by atoms with Gasteiger partial charge in [0.1, 0.15) is 5.58 Å². The van der Waals surface area contributed by atoms with Crippen LogP contribution in [0.4, 0.5) is 0 Å². The number of halogens is 1. The molecule has 6 nitrogen and oxygen atoms in total. The van der Waals surface area contributed by atoms with E-state index in [1.165, 1.54) is 22.7 Å². The molecule has 0 saturated carbocycles. The normalized spacial score (nSPS) is 11.3. The van der Waals surface area contributed by atoms with Gasteiger partial charge in [0.25, 0.3) is 0 Å². The number of hydrogen-bond donors (Lipinski definition) is 0. The molecule has 9 heteroatoms. The summed E-state index contributed by atoms with van der Waals surface area (Å²) >= 11 is 9.37. The third kappa shape index (κ3) is 3.53. The Labute approximate surface area is 161 Å². The van der Waals surface area contributed by atoms with Gasteiger partial charge in [0.2, 0.25) is 5.16 Å². The maximum Gasteiger partial charge on any atom is 0.336 e. The predicted molar refractivity (Wildman–Crippen MR) is 103 cm³/mol. The molecular formula is C17H13ClN4O2S2. The molecule has 0 unspecified atom stereocenters. The average molecular weight is 405 g/mol. The van der Waals surface area contributed by atoms with Gasteiger partial charge < -0.3 is 4.42 Å². The molecule has 0 N–H and O–H groups in total. The lowest BCUT2D eigenvalue weighted by atomic mass is 10.1. The summed E-state index contributed by atoms with van der Waals surface area (Å²) in [7, 11) is 0. The fourth-order valence-electron chi connectivity index (χ4n) is 2.56. The van der Waals surface area contributed by atoms with Crippen LogP contribution in [-0.4, -0.2) is 20.2 Å². The van der Waals surface area contributed by atoms with Crippen LogP contribution in [-0.2, 0) is 12.3 Å². The summed E-state index contributed by atoms with van der Waals surface area (Å²) in [5, 5.41) is 16.1. The van der Waals surface area contributed by atoms with Gasteiger partial charge in [-0.2, -0.15) is 0 Å². The summed E-state index contributed by atoms with van der Waals surface area (Å²) in [4.78, 5) is 13.1. The van der Waals surface area contributed by atoms with Crippen LogP contribution in [0.1, 0.15) is 16.0 Å². The van der Waals surface area contributed by atoms with E-state index >= 15 is 0 Å². The Bertz CT molecular complexity index is 1120. The van der Waals surface area contributed by atoms with Crippen molar-refractivity contribution < 1.29 is 4.42 Å². The standard InChI is InChI=1S/C17H13ClN4O2S2/c1-10-5-15-13(7-14(10)18)11(6-16(23)24-15)9-26-17-19-20-21-22(17)8-12-3-2-4-25-12/h2-7H,8-9H2,1H3. The van der Waals surface area contributed by atoms with Crippen molar-refractivity contribution in [2.75, 3.05) is 0 Å². The fraction of sp³-hybridized carbons (Fsp3) is 0.176. The van der Waals surface area contributed by atoms with Crippen molar-refractivity contribution in [2.24, 2.45) is 0 Å². The van der Waals surface area contributed by atoms with E-state index in [1.54, 1.807) is 22.1 Å². The Morgan fingerprint density at radius 2 is 2.23 bits per heavy atom. The SMILES string of the molecule is Cc1cc2oc(=O)cc(CSc3nnnn3Cc3cccs3)c2cc1Cl. The Morgan fingerprint density at radius 3 is 3.04 bits per heavy atom. The molecule has 1 aromatic carbocycles. The fourth-order valence-corrected chi connectivity index (χ4v) is 4.28. The van der Waals surface area contributed by atoms with Crippen molar-refractivity contribution in [2.45, 2.75) is 24.4 Å². The van der Waals surface area contributed by atoms with Crippen LogP contribution in [0.2, 0.25) is 5.02 Å². The van der Waals surface area contributed by atoms with Gasteiger partial charge in [0.15, 0.2) is 0 Å². The number of tetrazole rings is 1. The number of rotatable bonds is 5. The second kappa shape index (κ2) is 7.22. The lowest BCUT2D eigenvalue weighted by Crippen LogP contribution is -2.03. The topological polar surface area (TPSA) is 73.8 Å². The van der Waals surface area contributed by atoms with Crippen LogP contribution in [0.15, 0.2) is 50.1 Å². The first-order valence-corrected chi connectivity index (χ1v) is 9.99. The van der Waals surface area contributed by atoms with E-state index in [9.17, 15) is 4.79 Å². The highest BCUT2D eigenvalue weighted by Crippen LogP contribution is 2.29. The smallest absolute Gasteiger partial charge is 0.336 e. The molecule has 132 valence electrons. The van der Waals surface area contributed by atoms with Gasteiger partial charge in [-0.25, -0.2) is 9.48 Å². The maximum atomic E-state index is 11.9. The molecule has 0 aliphatic heterocycles. The molecule has 0 bridgehead atoms. The molecule has 26 heavy (non-hydrogen) atoms. The first-order chi connectivity index (χ1) is 12.6. The zero-order chi connectivity index (χ0) is 18.1. The largest absolute Gasteiger partial charge is 0.423 e. The summed E-state index contributed by atoms with van der Waals surface area (Å²) in [5.41, 5.74) is 1.86. The van der Waals surface area contributed by atoms with Gasteiger partial charge in [-0.05, 0) is 52.1 Å². The number of thioether (sulfide) groups is 1. The van der Waals surface area contributed by atoms with E-state index in [1.807, 2.05) is 30.5 Å². The molecule has 0 fully saturated rings. The minimum atomic E-state index is -0.381. The van der Waals surface area contributed by atoms with Crippen LogP contribution in [0, 0.1) is 6.92 Å². The molecule has 3 aromatic heterocycles. The monoisotopic (exact) mass is 404 g/mol. The molecule has 0 atom stereocenters. The van der Waals surface area contributed by atoms with E-state index < -0.39 is 0 Å². The van der Waals surface area contributed by atoms with Gasteiger partial charge in [0.05, 0.1) is 6.54 Å². The van der Waals surface area contributed by atoms with Crippen molar-refractivity contribution in [1.82, 2.24) is 20.2 Å². The van der Waals surface area contributed by atoms with Crippen LogP contribution >= 0.6 is 34.7 Å². The summed E-state index contributed by atoms with van der Waals surface area (Å²) in [5.74, 6) is 0.534. The first kappa shape index (κ1) is 17.3. The van der Waals surface area contributed by atoms with E-state index in [4.69, 9.17) is 16.0 Å².